The fourth-order valence-corrected chi connectivity index (χ4v) is 3.45. The van der Waals surface area contributed by atoms with E-state index in [0.29, 0.717) is 19.4 Å². The van der Waals surface area contributed by atoms with E-state index in [2.05, 4.69) is 5.32 Å². The van der Waals surface area contributed by atoms with Crippen LogP contribution in [0.2, 0.25) is 0 Å². The van der Waals surface area contributed by atoms with E-state index in [1.165, 1.54) is 6.26 Å². The summed E-state index contributed by atoms with van der Waals surface area (Å²) in [4.78, 5) is 0. The Morgan fingerprint density at radius 1 is 1.24 bits per heavy atom. The average Bonchev–Trinajstić information content (AvgIpc) is 2.14. The third kappa shape index (κ3) is 4.22. The molecule has 0 radical (unpaired) electrons. The van der Waals surface area contributed by atoms with Gasteiger partial charge in [0.05, 0.1) is 16.3 Å². The SMILES string of the molecule is CC(C)(CNC1CCS(=O)(=O)CC1)S(C)(=O)=O. The molecule has 17 heavy (non-hydrogen) atoms. The highest BCUT2D eigenvalue weighted by Crippen LogP contribution is 2.16. The lowest BCUT2D eigenvalue weighted by atomic mass is 10.1. The lowest BCUT2D eigenvalue weighted by Gasteiger charge is -2.28. The third-order valence-electron chi connectivity index (χ3n) is 3.37. The monoisotopic (exact) mass is 283 g/mol. The molecule has 0 amide bonds. The van der Waals surface area contributed by atoms with Crippen LogP contribution in [0, 0.1) is 0 Å². The van der Waals surface area contributed by atoms with Gasteiger partial charge in [-0.05, 0) is 26.7 Å². The van der Waals surface area contributed by atoms with Crippen molar-refractivity contribution in [2.75, 3.05) is 24.3 Å². The van der Waals surface area contributed by atoms with E-state index >= 15 is 0 Å². The Morgan fingerprint density at radius 3 is 2.12 bits per heavy atom. The fraction of sp³-hybridized carbons (Fsp3) is 1.00. The Hall–Kier alpha value is -0.140. The van der Waals surface area contributed by atoms with Crippen LogP contribution in [0.15, 0.2) is 0 Å². The molecule has 0 saturated carbocycles. The second kappa shape index (κ2) is 4.85. The van der Waals surface area contributed by atoms with Crippen molar-refractivity contribution < 1.29 is 16.8 Å². The van der Waals surface area contributed by atoms with Gasteiger partial charge in [-0.2, -0.15) is 0 Å². The molecule has 1 rings (SSSR count). The van der Waals surface area contributed by atoms with Crippen molar-refractivity contribution in [2.24, 2.45) is 0 Å². The molecule has 0 aromatic carbocycles. The normalized spacial score (nSPS) is 22.5. The Labute approximate surface area is 104 Å². The Bertz CT molecular complexity index is 451. The van der Waals surface area contributed by atoms with Gasteiger partial charge in [-0.25, -0.2) is 16.8 Å². The number of nitrogens with one attached hydrogen (secondary N) is 1. The minimum absolute atomic E-state index is 0.111. The number of sulfone groups is 2. The third-order valence-corrected chi connectivity index (χ3v) is 7.24. The maximum Gasteiger partial charge on any atom is 0.153 e. The topological polar surface area (TPSA) is 80.3 Å². The molecule has 7 heteroatoms. The van der Waals surface area contributed by atoms with Crippen molar-refractivity contribution >= 4 is 19.7 Å². The molecular weight excluding hydrogens is 262 g/mol. The number of hydrogen-bond acceptors (Lipinski definition) is 5. The molecule has 1 N–H and O–H groups in total. The van der Waals surface area contributed by atoms with Gasteiger partial charge in [0.15, 0.2) is 9.84 Å². The van der Waals surface area contributed by atoms with Crippen LogP contribution in [-0.2, 0) is 19.7 Å². The molecule has 1 aliphatic heterocycles. The highest BCUT2D eigenvalue weighted by atomic mass is 32.2. The van der Waals surface area contributed by atoms with Crippen LogP contribution in [0.5, 0.6) is 0 Å². The van der Waals surface area contributed by atoms with Gasteiger partial charge < -0.3 is 5.32 Å². The number of hydrogen-bond donors (Lipinski definition) is 1. The van der Waals surface area contributed by atoms with Crippen LogP contribution in [0.3, 0.4) is 0 Å². The molecule has 5 nitrogen and oxygen atoms in total. The van der Waals surface area contributed by atoms with E-state index in [0.717, 1.165) is 0 Å². The van der Waals surface area contributed by atoms with E-state index in [9.17, 15) is 16.8 Å². The van der Waals surface area contributed by atoms with Gasteiger partial charge in [-0.1, -0.05) is 0 Å². The lowest BCUT2D eigenvalue weighted by molar-refractivity contribution is 0.433. The van der Waals surface area contributed by atoms with Crippen molar-refractivity contribution in [1.82, 2.24) is 5.32 Å². The predicted molar refractivity (Wildman–Crippen MR) is 68.6 cm³/mol. The fourth-order valence-electron chi connectivity index (χ4n) is 1.62. The van der Waals surface area contributed by atoms with Gasteiger partial charge in [0.25, 0.3) is 0 Å². The van der Waals surface area contributed by atoms with Crippen LogP contribution in [0.1, 0.15) is 26.7 Å². The summed E-state index contributed by atoms with van der Waals surface area (Å²) in [6.45, 7) is 3.71. The van der Waals surface area contributed by atoms with E-state index in [1.807, 2.05) is 0 Å². The highest BCUT2D eigenvalue weighted by molar-refractivity contribution is 7.92. The Morgan fingerprint density at radius 2 is 1.71 bits per heavy atom. The van der Waals surface area contributed by atoms with Crippen molar-refractivity contribution in [3.63, 3.8) is 0 Å². The van der Waals surface area contributed by atoms with Crippen LogP contribution >= 0.6 is 0 Å². The molecule has 1 heterocycles. The molecular formula is C10H21NO4S2. The lowest BCUT2D eigenvalue weighted by Crippen LogP contribution is -2.47. The van der Waals surface area contributed by atoms with Crippen molar-refractivity contribution in [3.8, 4) is 0 Å². The molecule has 0 spiro atoms. The predicted octanol–water partition coefficient (Wildman–Crippen LogP) is -0.0236. The zero-order chi connectivity index (χ0) is 13.3. The first-order chi connectivity index (χ1) is 7.54. The summed E-state index contributed by atoms with van der Waals surface area (Å²) in [5.74, 6) is 0.397. The van der Waals surface area contributed by atoms with Crippen LogP contribution in [0.25, 0.3) is 0 Å². The zero-order valence-electron chi connectivity index (χ0n) is 10.6. The van der Waals surface area contributed by atoms with Crippen molar-refractivity contribution in [1.29, 1.82) is 0 Å². The van der Waals surface area contributed by atoms with Gasteiger partial charge in [0.1, 0.15) is 9.84 Å². The van der Waals surface area contributed by atoms with E-state index in [1.54, 1.807) is 13.8 Å². The summed E-state index contributed by atoms with van der Waals surface area (Å²) in [5.41, 5.74) is 0. The minimum atomic E-state index is -3.11. The quantitative estimate of drug-likeness (QED) is 0.784. The van der Waals surface area contributed by atoms with Gasteiger partial charge >= 0.3 is 0 Å². The largest absolute Gasteiger partial charge is 0.312 e. The second-order valence-corrected chi connectivity index (χ2v) is 10.3. The van der Waals surface area contributed by atoms with Crippen molar-refractivity contribution in [3.05, 3.63) is 0 Å². The summed E-state index contributed by atoms with van der Waals surface area (Å²) in [7, 11) is -5.96. The first-order valence-electron chi connectivity index (χ1n) is 5.67. The maximum absolute atomic E-state index is 11.5. The van der Waals surface area contributed by atoms with Crippen LogP contribution in [-0.4, -0.2) is 51.9 Å². The van der Waals surface area contributed by atoms with Crippen LogP contribution in [0.4, 0.5) is 0 Å². The van der Waals surface area contributed by atoms with Gasteiger partial charge in [0, 0.05) is 18.8 Å². The first-order valence-corrected chi connectivity index (χ1v) is 9.38. The minimum Gasteiger partial charge on any atom is -0.312 e. The summed E-state index contributed by atoms with van der Waals surface area (Å²) in [6.07, 6.45) is 2.37. The summed E-state index contributed by atoms with van der Waals surface area (Å²) in [6, 6.07) is 0.111. The second-order valence-electron chi connectivity index (χ2n) is 5.34. The molecule has 1 fully saturated rings. The Balaban J connectivity index is 2.49. The molecule has 0 aromatic rings. The standard InChI is InChI=1S/C10H21NO4S2/c1-10(2,16(3,12)13)8-11-9-4-6-17(14,15)7-5-9/h9,11H,4-8H2,1-3H3. The molecule has 0 aliphatic carbocycles. The molecule has 0 aromatic heterocycles. The number of rotatable bonds is 4. The van der Waals surface area contributed by atoms with Crippen molar-refractivity contribution in [2.45, 2.75) is 37.5 Å². The first kappa shape index (κ1) is 14.9. The van der Waals surface area contributed by atoms with E-state index < -0.39 is 24.4 Å². The molecule has 0 unspecified atom stereocenters. The summed E-state index contributed by atoms with van der Waals surface area (Å²) >= 11 is 0. The average molecular weight is 283 g/mol. The van der Waals surface area contributed by atoms with Gasteiger partial charge in [-0.3, -0.25) is 0 Å². The summed E-state index contributed by atoms with van der Waals surface area (Å²) < 4.78 is 44.6. The molecule has 0 atom stereocenters. The van der Waals surface area contributed by atoms with Gasteiger partial charge in [0.2, 0.25) is 0 Å². The van der Waals surface area contributed by atoms with E-state index in [-0.39, 0.29) is 17.5 Å². The molecule has 102 valence electrons. The van der Waals surface area contributed by atoms with E-state index in [4.69, 9.17) is 0 Å². The smallest absolute Gasteiger partial charge is 0.153 e. The zero-order valence-corrected chi connectivity index (χ0v) is 12.2. The summed E-state index contributed by atoms with van der Waals surface area (Å²) in [5, 5.41) is 3.16. The van der Waals surface area contributed by atoms with Gasteiger partial charge in [-0.15, -0.1) is 0 Å². The van der Waals surface area contributed by atoms with Crippen LogP contribution < -0.4 is 5.32 Å². The maximum atomic E-state index is 11.5. The highest BCUT2D eigenvalue weighted by Gasteiger charge is 2.31. The molecule has 0 bridgehead atoms. The Kier molecular flexibility index (Phi) is 4.26. The molecule has 1 saturated heterocycles. The molecule has 1 aliphatic rings.